The lowest BCUT2D eigenvalue weighted by Crippen LogP contribution is -2.44. The van der Waals surface area contributed by atoms with Crippen LogP contribution in [-0.2, 0) is 19.6 Å². The monoisotopic (exact) mass is 318 g/mol. The van der Waals surface area contributed by atoms with E-state index in [0.717, 1.165) is 0 Å². The number of aromatic carboxylic acids is 1. The zero-order valence-electron chi connectivity index (χ0n) is 12.2. The highest BCUT2D eigenvalue weighted by Gasteiger charge is 2.43. The van der Waals surface area contributed by atoms with Crippen molar-refractivity contribution in [2.24, 2.45) is 5.73 Å². The molecule has 0 aliphatic heterocycles. The molecule has 0 aliphatic rings. The summed E-state index contributed by atoms with van der Waals surface area (Å²) in [5, 5.41) is 9.23. The van der Waals surface area contributed by atoms with Crippen molar-refractivity contribution < 1.29 is 28.9 Å². The Kier molecular flexibility index (Phi) is 5.78. The summed E-state index contributed by atoms with van der Waals surface area (Å²) < 4.78 is 15.6. The number of carboxylic acid groups (broad SMARTS) is 1. The van der Waals surface area contributed by atoms with E-state index in [-0.39, 0.29) is 22.2 Å². The number of nitrogens with two attached hydrogens (primary N) is 1. The second-order valence-electron chi connectivity index (χ2n) is 4.52. The number of hydrogen-bond acceptors (Lipinski definition) is 7. The van der Waals surface area contributed by atoms with Gasteiger partial charge in [0, 0.05) is 21.3 Å². The molecule has 0 bridgehead atoms. The van der Waals surface area contributed by atoms with Gasteiger partial charge in [0.25, 0.3) is 5.91 Å². The normalized spacial score (nSPS) is 14.1. The third-order valence-corrected chi connectivity index (χ3v) is 4.02. The standard InChI is InChI=1S/C12H18N2O6S/c1-12(5-18-2,11(19-3)20-4)7-6(10(16)17)21-9(14-7)8(13)15/h11H,5H2,1-4H3,(H2,13,15)(H,16,17). The first-order chi connectivity index (χ1) is 9.81. The molecule has 1 heterocycles. The number of amides is 1. The molecule has 1 aromatic heterocycles. The number of primary amides is 1. The zero-order chi connectivity index (χ0) is 16.2. The van der Waals surface area contributed by atoms with Gasteiger partial charge in [-0.05, 0) is 6.92 Å². The molecule has 1 rings (SSSR count). The number of carbonyl (C=O) groups is 2. The molecule has 1 amide bonds. The molecule has 1 unspecified atom stereocenters. The number of rotatable bonds is 8. The van der Waals surface area contributed by atoms with E-state index in [1.165, 1.54) is 21.3 Å². The quantitative estimate of drug-likeness (QED) is 0.668. The van der Waals surface area contributed by atoms with E-state index < -0.39 is 23.6 Å². The van der Waals surface area contributed by atoms with E-state index in [1.54, 1.807) is 6.92 Å². The van der Waals surface area contributed by atoms with Crippen LogP contribution in [0.5, 0.6) is 0 Å². The Hall–Kier alpha value is -1.55. The van der Waals surface area contributed by atoms with Gasteiger partial charge in [-0.2, -0.15) is 0 Å². The number of methoxy groups -OCH3 is 3. The average Bonchev–Trinajstić information content (AvgIpc) is 2.86. The number of thiazole rings is 1. The summed E-state index contributed by atoms with van der Waals surface area (Å²) in [6.45, 7) is 1.77. The Balaban J connectivity index is 3.49. The summed E-state index contributed by atoms with van der Waals surface area (Å²) in [7, 11) is 4.30. The summed E-state index contributed by atoms with van der Waals surface area (Å²) in [6, 6.07) is 0. The minimum Gasteiger partial charge on any atom is -0.477 e. The molecule has 0 fully saturated rings. The predicted molar refractivity (Wildman–Crippen MR) is 74.6 cm³/mol. The number of hydrogen-bond donors (Lipinski definition) is 2. The summed E-state index contributed by atoms with van der Waals surface area (Å²) in [5.41, 5.74) is 4.30. The van der Waals surface area contributed by atoms with Crippen molar-refractivity contribution in [2.75, 3.05) is 27.9 Å². The largest absolute Gasteiger partial charge is 0.477 e. The molecule has 1 aromatic rings. The van der Waals surface area contributed by atoms with Gasteiger partial charge in [0.2, 0.25) is 0 Å². The second-order valence-corrected chi connectivity index (χ2v) is 5.52. The molecular weight excluding hydrogens is 300 g/mol. The molecule has 0 saturated carbocycles. The lowest BCUT2D eigenvalue weighted by atomic mass is 9.85. The molecule has 0 radical (unpaired) electrons. The van der Waals surface area contributed by atoms with Gasteiger partial charge in [0.15, 0.2) is 11.3 Å². The molecule has 118 valence electrons. The zero-order valence-corrected chi connectivity index (χ0v) is 13.0. The van der Waals surface area contributed by atoms with Gasteiger partial charge in [0.1, 0.15) is 4.88 Å². The SMILES string of the molecule is COCC(C)(c1nc(C(N)=O)sc1C(=O)O)C(OC)OC. The number of nitrogens with zero attached hydrogens (tertiary/aromatic N) is 1. The highest BCUT2D eigenvalue weighted by Crippen LogP contribution is 2.35. The van der Waals surface area contributed by atoms with Crippen LogP contribution in [0.4, 0.5) is 0 Å². The second kappa shape index (κ2) is 6.94. The lowest BCUT2D eigenvalue weighted by molar-refractivity contribution is -0.159. The van der Waals surface area contributed by atoms with Crippen LogP contribution in [0.2, 0.25) is 0 Å². The molecule has 21 heavy (non-hydrogen) atoms. The summed E-state index contributed by atoms with van der Waals surface area (Å²) in [4.78, 5) is 26.6. The van der Waals surface area contributed by atoms with Gasteiger partial charge in [0.05, 0.1) is 17.7 Å². The number of carbonyl (C=O) groups excluding carboxylic acids is 1. The van der Waals surface area contributed by atoms with Crippen LogP contribution in [0.3, 0.4) is 0 Å². The fraction of sp³-hybridized carbons (Fsp3) is 0.583. The number of aromatic nitrogens is 1. The van der Waals surface area contributed by atoms with Crippen molar-refractivity contribution in [3.05, 3.63) is 15.6 Å². The number of ether oxygens (including phenoxy) is 3. The molecule has 0 saturated heterocycles. The highest BCUT2D eigenvalue weighted by molar-refractivity contribution is 7.15. The van der Waals surface area contributed by atoms with Crippen LogP contribution in [0, 0.1) is 0 Å². The van der Waals surface area contributed by atoms with E-state index in [2.05, 4.69) is 4.98 Å². The van der Waals surface area contributed by atoms with E-state index in [4.69, 9.17) is 19.9 Å². The molecule has 8 nitrogen and oxygen atoms in total. The van der Waals surface area contributed by atoms with Crippen molar-refractivity contribution in [1.29, 1.82) is 0 Å². The summed E-state index contributed by atoms with van der Waals surface area (Å²) >= 11 is 0.715. The van der Waals surface area contributed by atoms with Crippen LogP contribution in [0.25, 0.3) is 0 Å². The van der Waals surface area contributed by atoms with Crippen molar-refractivity contribution >= 4 is 23.2 Å². The maximum Gasteiger partial charge on any atom is 0.347 e. The average molecular weight is 318 g/mol. The highest BCUT2D eigenvalue weighted by atomic mass is 32.1. The molecule has 3 N–H and O–H groups in total. The van der Waals surface area contributed by atoms with E-state index in [9.17, 15) is 14.7 Å². The molecule has 1 atom stereocenters. The van der Waals surface area contributed by atoms with Gasteiger partial charge in [-0.25, -0.2) is 9.78 Å². The summed E-state index contributed by atoms with van der Waals surface area (Å²) in [5.74, 6) is -2.00. The van der Waals surface area contributed by atoms with Crippen LogP contribution in [-0.4, -0.2) is 56.2 Å². The Bertz CT molecular complexity index is 528. The van der Waals surface area contributed by atoms with Crippen LogP contribution < -0.4 is 5.73 Å². The molecular formula is C12H18N2O6S. The Morgan fingerprint density at radius 3 is 2.33 bits per heavy atom. The molecule has 0 spiro atoms. The van der Waals surface area contributed by atoms with Crippen LogP contribution >= 0.6 is 11.3 Å². The van der Waals surface area contributed by atoms with Crippen molar-refractivity contribution in [3.63, 3.8) is 0 Å². The van der Waals surface area contributed by atoms with Crippen LogP contribution in [0.15, 0.2) is 0 Å². The maximum atomic E-state index is 11.4. The van der Waals surface area contributed by atoms with Gasteiger partial charge in [-0.1, -0.05) is 0 Å². The minimum atomic E-state index is -1.21. The Morgan fingerprint density at radius 2 is 1.95 bits per heavy atom. The summed E-state index contributed by atoms with van der Waals surface area (Å²) in [6.07, 6.45) is -0.807. The van der Waals surface area contributed by atoms with Crippen molar-refractivity contribution in [1.82, 2.24) is 4.98 Å². The number of carboxylic acids is 1. The topological polar surface area (TPSA) is 121 Å². The molecule has 0 aliphatic carbocycles. The van der Waals surface area contributed by atoms with Crippen LogP contribution in [0.1, 0.15) is 32.1 Å². The fourth-order valence-electron chi connectivity index (χ4n) is 2.12. The van der Waals surface area contributed by atoms with Crippen molar-refractivity contribution in [3.8, 4) is 0 Å². The lowest BCUT2D eigenvalue weighted by Gasteiger charge is -2.34. The van der Waals surface area contributed by atoms with E-state index in [1.807, 2.05) is 0 Å². The molecule has 0 aromatic carbocycles. The Labute approximate surface area is 125 Å². The van der Waals surface area contributed by atoms with Gasteiger partial charge >= 0.3 is 5.97 Å². The first kappa shape index (κ1) is 17.5. The van der Waals surface area contributed by atoms with Gasteiger partial charge < -0.3 is 25.1 Å². The molecule has 9 heteroatoms. The third kappa shape index (κ3) is 3.38. The minimum absolute atomic E-state index is 0.0849. The van der Waals surface area contributed by atoms with E-state index >= 15 is 0 Å². The predicted octanol–water partition coefficient (Wildman–Crippen LogP) is 0.463. The third-order valence-electron chi connectivity index (χ3n) is 2.97. The van der Waals surface area contributed by atoms with Gasteiger partial charge in [-0.15, -0.1) is 11.3 Å². The van der Waals surface area contributed by atoms with Gasteiger partial charge in [-0.3, -0.25) is 4.79 Å². The Morgan fingerprint density at radius 1 is 1.38 bits per heavy atom. The fourth-order valence-corrected chi connectivity index (χ4v) is 3.02. The van der Waals surface area contributed by atoms with E-state index in [0.29, 0.717) is 11.3 Å². The first-order valence-electron chi connectivity index (χ1n) is 5.90. The first-order valence-corrected chi connectivity index (χ1v) is 6.72. The smallest absolute Gasteiger partial charge is 0.347 e. The van der Waals surface area contributed by atoms with Crippen molar-refractivity contribution in [2.45, 2.75) is 18.6 Å². The maximum absolute atomic E-state index is 11.4.